The summed E-state index contributed by atoms with van der Waals surface area (Å²) < 4.78 is 13.2. The van der Waals surface area contributed by atoms with E-state index in [0.29, 0.717) is 0 Å². The van der Waals surface area contributed by atoms with Crippen LogP contribution in [0.5, 0.6) is 0 Å². The molecule has 0 fully saturated rings. The molecule has 0 bridgehead atoms. The molecule has 180 valence electrons. The summed E-state index contributed by atoms with van der Waals surface area (Å²) in [7, 11) is 0. The Morgan fingerprint density at radius 1 is 0.395 bits per heavy atom. The maximum atomic E-state index is 6.61. The highest BCUT2D eigenvalue weighted by Gasteiger charge is 2.24. The second kappa shape index (κ2) is 7.84. The predicted octanol–water partition coefficient (Wildman–Crippen LogP) is 10.6. The molecule has 0 aliphatic carbocycles. The molecule has 6 aromatic carbocycles. The van der Waals surface area contributed by atoms with Crippen molar-refractivity contribution in [3.8, 4) is 22.6 Å². The number of para-hydroxylation sites is 2. The van der Waals surface area contributed by atoms with Crippen LogP contribution < -0.4 is 0 Å². The number of aryl methyl sites for hydroxylation is 2. The topological polar surface area (TPSA) is 26.3 Å². The summed E-state index contributed by atoms with van der Waals surface area (Å²) >= 11 is 0. The number of hydrogen-bond acceptors (Lipinski definition) is 2. The highest BCUT2D eigenvalue weighted by Crippen LogP contribution is 2.48. The molecule has 0 N–H and O–H groups in total. The molecule has 8 rings (SSSR count). The molecular formula is C36H24O2. The highest BCUT2D eigenvalue weighted by molar-refractivity contribution is 6.24. The Morgan fingerprint density at radius 3 is 1.18 bits per heavy atom. The molecule has 0 spiro atoms. The van der Waals surface area contributed by atoms with Gasteiger partial charge in [0.15, 0.2) is 0 Å². The van der Waals surface area contributed by atoms with Crippen molar-refractivity contribution in [2.75, 3.05) is 0 Å². The Kier molecular flexibility index (Phi) is 4.39. The zero-order valence-electron chi connectivity index (χ0n) is 21.2. The van der Waals surface area contributed by atoms with Crippen molar-refractivity contribution in [2.24, 2.45) is 0 Å². The van der Waals surface area contributed by atoms with Crippen molar-refractivity contribution < 1.29 is 8.83 Å². The van der Waals surface area contributed by atoms with E-state index in [2.05, 4.69) is 111 Å². The lowest BCUT2D eigenvalue weighted by Gasteiger charge is -2.17. The standard InChI is InChI=1S/C36H24O2/c1-21-25-13-7-9-17-31(25)37-35(21)33-27-15-5-6-16-28(27)34(36-22(2)26-14-8-10-18-32(26)38-36)30-20-24-12-4-3-11-23(24)19-29(30)33/h3-20H,1-2H3. The van der Waals surface area contributed by atoms with Gasteiger partial charge in [-0.2, -0.15) is 0 Å². The van der Waals surface area contributed by atoms with E-state index >= 15 is 0 Å². The first kappa shape index (κ1) is 21.3. The summed E-state index contributed by atoms with van der Waals surface area (Å²) in [4.78, 5) is 0. The van der Waals surface area contributed by atoms with E-state index < -0.39 is 0 Å². The van der Waals surface area contributed by atoms with Gasteiger partial charge in [0.05, 0.1) is 0 Å². The summed E-state index contributed by atoms with van der Waals surface area (Å²) in [6, 6.07) is 38.5. The lowest BCUT2D eigenvalue weighted by molar-refractivity contribution is 0.629. The molecule has 38 heavy (non-hydrogen) atoms. The Balaban J connectivity index is 1.62. The molecule has 2 heterocycles. The summed E-state index contributed by atoms with van der Waals surface area (Å²) in [5.74, 6) is 1.85. The Labute approximate surface area is 219 Å². The van der Waals surface area contributed by atoms with Gasteiger partial charge in [-0.05, 0) is 70.4 Å². The number of rotatable bonds is 2. The summed E-state index contributed by atoms with van der Waals surface area (Å²) in [5, 5.41) is 9.36. The van der Waals surface area contributed by atoms with E-state index in [4.69, 9.17) is 8.83 Å². The molecule has 2 aromatic heterocycles. The van der Waals surface area contributed by atoms with Crippen LogP contribution in [0.4, 0.5) is 0 Å². The quantitative estimate of drug-likeness (QED) is 0.226. The van der Waals surface area contributed by atoms with Gasteiger partial charge in [-0.25, -0.2) is 0 Å². The molecule has 0 atom stereocenters. The maximum absolute atomic E-state index is 6.61. The fourth-order valence-electron chi connectivity index (χ4n) is 6.18. The van der Waals surface area contributed by atoms with Crippen LogP contribution >= 0.6 is 0 Å². The van der Waals surface area contributed by atoms with Gasteiger partial charge >= 0.3 is 0 Å². The Morgan fingerprint density at radius 2 is 0.763 bits per heavy atom. The zero-order valence-corrected chi connectivity index (χ0v) is 21.2. The molecule has 2 nitrogen and oxygen atoms in total. The molecular weight excluding hydrogens is 464 g/mol. The minimum Gasteiger partial charge on any atom is -0.456 e. The van der Waals surface area contributed by atoms with Crippen molar-refractivity contribution in [1.82, 2.24) is 0 Å². The van der Waals surface area contributed by atoms with E-state index in [-0.39, 0.29) is 0 Å². The normalized spacial score (nSPS) is 11.9. The van der Waals surface area contributed by atoms with Crippen LogP contribution in [0, 0.1) is 13.8 Å². The smallest absolute Gasteiger partial charge is 0.139 e. The number of fused-ring (bicyclic) bond motifs is 5. The molecule has 0 radical (unpaired) electrons. The van der Waals surface area contributed by atoms with Gasteiger partial charge in [-0.15, -0.1) is 0 Å². The fourth-order valence-corrected chi connectivity index (χ4v) is 6.18. The van der Waals surface area contributed by atoms with E-state index in [0.717, 1.165) is 66.5 Å². The fraction of sp³-hybridized carbons (Fsp3) is 0.0556. The van der Waals surface area contributed by atoms with E-state index in [9.17, 15) is 0 Å². The summed E-state index contributed by atoms with van der Waals surface area (Å²) in [6.07, 6.45) is 0. The third kappa shape index (κ3) is 2.89. The maximum Gasteiger partial charge on any atom is 0.139 e. The van der Waals surface area contributed by atoms with Gasteiger partial charge in [0, 0.05) is 33.0 Å². The van der Waals surface area contributed by atoms with E-state index in [1.54, 1.807) is 0 Å². The lowest BCUT2D eigenvalue weighted by Crippen LogP contribution is -1.92. The van der Waals surface area contributed by atoms with Crippen LogP contribution in [0.3, 0.4) is 0 Å². The van der Waals surface area contributed by atoms with Gasteiger partial charge < -0.3 is 8.83 Å². The van der Waals surface area contributed by atoms with Crippen molar-refractivity contribution in [3.63, 3.8) is 0 Å². The zero-order chi connectivity index (χ0) is 25.4. The monoisotopic (exact) mass is 488 g/mol. The van der Waals surface area contributed by atoms with Crippen molar-refractivity contribution in [1.29, 1.82) is 0 Å². The van der Waals surface area contributed by atoms with Gasteiger partial charge in [-0.3, -0.25) is 0 Å². The first-order valence-electron chi connectivity index (χ1n) is 13.0. The Bertz CT molecular complexity index is 2050. The molecule has 0 unspecified atom stereocenters. The molecule has 0 amide bonds. The third-order valence-corrected chi connectivity index (χ3v) is 8.03. The van der Waals surface area contributed by atoms with E-state index in [1.807, 2.05) is 12.1 Å². The first-order chi connectivity index (χ1) is 18.7. The third-order valence-electron chi connectivity index (χ3n) is 8.03. The number of furan rings is 2. The average molecular weight is 489 g/mol. The molecule has 0 aliphatic rings. The van der Waals surface area contributed by atoms with Crippen LogP contribution in [0.2, 0.25) is 0 Å². The molecule has 0 saturated heterocycles. The van der Waals surface area contributed by atoms with Crippen molar-refractivity contribution >= 4 is 54.3 Å². The molecule has 0 saturated carbocycles. The molecule has 8 aromatic rings. The van der Waals surface area contributed by atoms with Gasteiger partial charge in [0.25, 0.3) is 0 Å². The largest absolute Gasteiger partial charge is 0.456 e. The number of hydrogen-bond donors (Lipinski definition) is 0. The van der Waals surface area contributed by atoms with Crippen molar-refractivity contribution in [2.45, 2.75) is 13.8 Å². The van der Waals surface area contributed by atoms with Crippen LogP contribution in [0.25, 0.3) is 76.9 Å². The predicted molar refractivity (Wildman–Crippen MR) is 159 cm³/mol. The SMILES string of the molecule is Cc1c(-c2c3ccccc3c(-c3oc4ccccc4c3C)c3cc4ccccc4cc23)oc2ccccc12. The second-order valence-electron chi connectivity index (χ2n) is 10.1. The minimum atomic E-state index is 0.912. The minimum absolute atomic E-state index is 0.912. The molecule has 0 aliphatic heterocycles. The summed E-state index contributed by atoms with van der Waals surface area (Å²) in [5.41, 5.74) is 6.41. The van der Waals surface area contributed by atoms with Gasteiger partial charge in [0.2, 0.25) is 0 Å². The second-order valence-corrected chi connectivity index (χ2v) is 10.1. The van der Waals surface area contributed by atoms with Crippen LogP contribution in [-0.2, 0) is 0 Å². The molecule has 2 heteroatoms. The first-order valence-corrected chi connectivity index (χ1v) is 13.0. The average Bonchev–Trinajstić information content (AvgIpc) is 3.47. The van der Waals surface area contributed by atoms with Gasteiger partial charge in [-0.1, -0.05) is 84.9 Å². The highest BCUT2D eigenvalue weighted by atomic mass is 16.3. The summed E-state index contributed by atoms with van der Waals surface area (Å²) in [6.45, 7) is 4.33. The van der Waals surface area contributed by atoms with Gasteiger partial charge in [0.1, 0.15) is 22.7 Å². The Hall–Kier alpha value is -4.82. The van der Waals surface area contributed by atoms with Crippen LogP contribution in [-0.4, -0.2) is 0 Å². The van der Waals surface area contributed by atoms with Crippen LogP contribution in [0.1, 0.15) is 11.1 Å². The lowest BCUT2D eigenvalue weighted by atomic mass is 9.86. The number of benzene rings is 6. The van der Waals surface area contributed by atoms with Crippen molar-refractivity contribution in [3.05, 3.63) is 120 Å². The van der Waals surface area contributed by atoms with E-state index in [1.165, 1.54) is 21.5 Å². The van der Waals surface area contributed by atoms with Crippen LogP contribution in [0.15, 0.2) is 118 Å².